The second-order valence-electron chi connectivity index (χ2n) is 7.59. The lowest BCUT2D eigenvalue weighted by Crippen LogP contribution is -2.27. The van der Waals surface area contributed by atoms with Crippen molar-refractivity contribution in [1.82, 2.24) is 4.90 Å². The molecule has 4 rings (SSSR count). The number of benzene rings is 3. The summed E-state index contributed by atoms with van der Waals surface area (Å²) in [6.45, 7) is 1.17. The van der Waals surface area contributed by atoms with Crippen molar-refractivity contribution >= 4 is 21.5 Å². The van der Waals surface area contributed by atoms with Gasteiger partial charge < -0.3 is 29.7 Å². The molecule has 0 aliphatic carbocycles. The number of fused-ring (bicyclic) bond motifs is 6. The second kappa shape index (κ2) is 7.80. The summed E-state index contributed by atoms with van der Waals surface area (Å²) in [5, 5.41) is 34.1. The van der Waals surface area contributed by atoms with E-state index in [1.807, 2.05) is 18.2 Å². The van der Waals surface area contributed by atoms with Crippen LogP contribution >= 0.6 is 0 Å². The maximum atomic E-state index is 10.3. The van der Waals surface area contributed by atoms with Crippen LogP contribution in [0.5, 0.6) is 11.5 Å². The monoisotopic (exact) mass is 397 g/mol. The van der Waals surface area contributed by atoms with E-state index in [2.05, 4.69) is 11.9 Å². The van der Waals surface area contributed by atoms with Gasteiger partial charge in [0.05, 0.1) is 34.0 Å². The smallest absolute Gasteiger partial charge is 0.125 e. The maximum Gasteiger partial charge on any atom is 0.125 e. The van der Waals surface area contributed by atoms with Gasteiger partial charge in [-0.05, 0) is 69.9 Å². The average Bonchev–Trinajstić information content (AvgIpc) is 2.76. The molecule has 6 heteroatoms. The number of hydrogen-bond donors (Lipinski definition) is 3. The number of likely N-dealkylation sites (N-methyl/N-ethyl adjacent to an activating group) is 1. The van der Waals surface area contributed by atoms with Crippen LogP contribution in [-0.2, 0) is 32.8 Å². The molecule has 1 aliphatic rings. The van der Waals surface area contributed by atoms with Gasteiger partial charge in [-0.1, -0.05) is 0 Å². The number of methoxy groups -OCH3 is 2. The third-order valence-corrected chi connectivity index (χ3v) is 6.09. The predicted molar refractivity (Wildman–Crippen MR) is 112 cm³/mol. The third-order valence-electron chi connectivity index (χ3n) is 6.09. The van der Waals surface area contributed by atoms with E-state index in [0.29, 0.717) is 28.2 Å². The predicted octanol–water partition coefficient (Wildman–Crippen LogP) is 2.47. The quantitative estimate of drug-likeness (QED) is 0.574. The van der Waals surface area contributed by atoms with Crippen LogP contribution in [0.4, 0.5) is 0 Å². The van der Waals surface area contributed by atoms with E-state index < -0.39 is 0 Å². The Morgan fingerprint density at radius 2 is 1.52 bits per heavy atom. The highest BCUT2D eigenvalue weighted by atomic mass is 16.5. The van der Waals surface area contributed by atoms with Crippen LogP contribution in [0.15, 0.2) is 18.2 Å². The highest BCUT2D eigenvalue weighted by molar-refractivity contribution is 6.14. The van der Waals surface area contributed by atoms with Gasteiger partial charge in [0.1, 0.15) is 11.5 Å². The highest BCUT2D eigenvalue weighted by Crippen LogP contribution is 2.43. The van der Waals surface area contributed by atoms with Crippen molar-refractivity contribution in [2.24, 2.45) is 0 Å². The van der Waals surface area contributed by atoms with Crippen molar-refractivity contribution in [3.63, 3.8) is 0 Å². The number of hydrogen-bond acceptors (Lipinski definition) is 6. The Morgan fingerprint density at radius 3 is 2.14 bits per heavy atom. The lowest BCUT2D eigenvalue weighted by molar-refractivity contribution is 0.255. The lowest BCUT2D eigenvalue weighted by Gasteiger charge is -2.29. The molecule has 0 fully saturated rings. The molecule has 0 amide bonds. The van der Waals surface area contributed by atoms with Gasteiger partial charge in [0.2, 0.25) is 0 Å². The van der Waals surface area contributed by atoms with Crippen LogP contribution < -0.4 is 9.47 Å². The number of ether oxygens (including phenoxy) is 2. The first kappa shape index (κ1) is 19.9. The zero-order valence-corrected chi connectivity index (χ0v) is 17.1. The summed E-state index contributed by atoms with van der Waals surface area (Å²) in [7, 11) is 5.29. The van der Waals surface area contributed by atoms with Crippen molar-refractivity contribution in [3.8, 4) is 11.5 Å². The largest absolute Gasteiger partial charge is 0.496 e. The van der Waals surface area contributed by atoms with E-state index in [9.17, 15) is 15.3 Å². The van der Waals surface area contributed by atoms with Crippen molar-refractivity contribution in [3.05, 3.63) is 46.0 Å². The Kier molecular flexibility index (Phi) is 5.36. The molecule has 6 nitrogen and oxygen atoms in total. The Bertz CT molecular complexity index is 1090. The molecule has 0 aromatic heterocycles. The van der Waals surface area contributed by atoms with Gasteiger partial charge in [-0.3, -0.25) is 0 Å². The standard InChI is InChI=1S/C23H27NO5/c1-24-5-4-14-17-8-22(29-3)19(11-26)20(12-27)23(17)16-6-13(10-25)21(28-2)7-15(16)18(14)9-24/h6-8,25-27H,4-5,9-12H2,1-3H3. The molecule has 154 valence electrons. The van der Waals surface area contributed by atoms with Gasteiger partial charge in [0.25, 0.3) is 0 Å². The molecule has 0 radical (unpaired) electrons. The molecule has 1 heterocycles. The van der Waals surface area contributed by atoms with E-state index in [0.717, 1.165) is 41.1 Å². The Morgan fingerprint density at radius 1 is 0.828 bits per heavy atom. The zero-order valence-electron chi connectivity index (χ0n) is 17.1. The summed E-state index contributed by atoms with van der Waals surface area (Å²) in [4.78, 5) is 2.28. The summed E-state index contributed by atoms with van der Waals surface area (Å²) in [5.41, 5.74) is 4.42. The fourth-order valence-corrected chi connectivity index (χ4v) is 4.67. The van der Waals surface area contributed by atoms with E-state index in [1.165, 1.54) is 11.1 Å². The molecule has 29 heavy (non-hydrogen) atoms. The summed E-state index contributed by atoms with van der Waals surface area (Å²) < 4.78 is 11.1. The van der Waals surface area contributed by atoms with Gasteiger partial charge >= 0.3 is 0 Å². The third kappa shape index (κ3) is 3.04. The van der Waals surface area contributed by atoms with Crippen LogP contribution in [-0.4, -0.2) is 48.0 Å². The Balaban J connectivity index is 2.26. The molecule has 0 saturated heterocycles. The van der Waals surface area contributed by atoms with Gasteiger partial charge in [-0.2, -0.15) is 0 Å². The van der Waals surface area contributed by atoms with E-state index in [-0.39, 0.29) is 19.8 Å². The number of rotatable bonds is 5. The van der Waals surface area contributed by atoms with Crippen LogP contribution in [0.3, 0.4) is 0 Å². The Labute approximate surface area is 169 Å². The second-order valence-corrected chi connectivity index (χ2v) is 7.59. The summed E-state index contributed by atoms with van der Waals surface area (Å²) in [6.07, 6.45) is 0.884. The van der Waals surface area contributed by atoms with Gasteiger partial charge in [-0.25, -0.2) is 0 Å². The molecule has 3 aromatic rings. The van der Waals surface area contributed by atoms with Crippen LogP contribution in [0.1, 0.15) is 27.8 Å². The van der Waals surface area contributed by atoms with Gasteiger partial charge in [-0.15, -0.1) is 0 Å². The molecule has 3 aromatic carbocycles. The first-order valence-electron chi connectivity index (χ1n) is 9.75. The van der Waals surface area contributed by atoms with Gasteiger partial charge in [0, 0.05) is 24.2 Å². The summed E-state index contributed by atoms with van der Waals surface area (Å²) in [6, 6.07) is 5.91. The van der Waals surface area contributed by atoms with Crippen molar-refractivity contribution < 1.29 is 24.8 Å². The molecule has 0 unspecified atom stereocenters. The van der Waals surface area contributed by atoms with E-state index in [1.54, 1.807) is 14.2 Å². The van der Waals surface area contributed by atoms with Crippen molar-refractivity contribution in [1.29, 1.82) is 0 Å². The minimum Gasteiger partial charge on any atom is -0.496 e. The maximum absolute atomic E-state index is 10.3. The molecule has 0 saturated carbocycles. The van der Waals surface area contributed by atoms with E-state index >= 15 is 0 Å². The van der Waals surface area contributed by atoms with Crippen LogP contribution in [0, 0.1) is 0 Å². The fraction of sp³-hybridized carbons (Fsp3) is 0.391. The molecule has 0 atom stereocenters. The molecule has 0 spiro atoms. The lowest BCUT2D eigenvalue weighted by atomic mass is 9.84. The minimum atomic E-state index is -0.223. The fourth-order valence-electron chi connectivity index (χ4n) is 4.67. The molecular weight excluding hydrogens is 370 g/mol. The van der Waals surface area contributed by atoms with Crippen molar-refractivity contribution in [2.75, 3.05) is 27.8 Å². The number of nitrogens with zero attached hydrogens (tertiary/aromatic N) is 1. The molecule has 0 bridgehead atoms. The Hall–Kier alpha value is -2.38. The zero-order chi connectivity index (χ0) is 20.7. The first-order valence-corrected chi connectivity index (χ1v) is 9.75. The minimum absolute atomic E-state index is 0.144. The van der Waals surface area contributed by atoms with E-state index in [4.69, 9.17) is 9.47 Å². The summed E-state index contributed by atoms with van der Waals surface area (Å²) in [5.74, 6) is 1.23. The molecule has 1 aliphatic heterocycles. The van der Waals surface area contributed by atoms with Gasteiger partial charge in [0.15, 0.2) is 0 Å². The first-order chi connectivity index (χ1) is 14.1. The topological polar surface area (TPSA) is 82.4 Å². The van der Waals surface area contributed by atoms with Crippen molar-refractivity contribution in [2.45, 2.75) is 32.8 Å². The van der Waals surface area contributed by atoms with Crippen LogP contribution in [0.2, 0.25) is 0 Å². The normalized spacial score (nSPS) is 14.4. The average molecular weight is 397 g/mol. The summed E-state index contributed by atoms with van der Waals surface area (Å²) >= 11 is 0. The number of aliphatic hydroxyl groups is 3. The SMILES string of the molecule is COc1cc2c3c(c4cc(OC)c(CO)c(CO)c4c2cc1CO)CCN(C)C3. The number of aliphatic hydroxyl groups excluding tert-OH is 3. The highest BCUT2D eigenvalue weighted by Gasteiger charge is 2.25. The molecule has 3 N–H and O–H groups in total. The molecular formula is C23H27NO5. The van der Waals surface area contributed by atoms with Crippen LogP contribution in [0.25, 0.3) is 21.5 Å².